The van der Waals surface area contributed by atoms with E-state index in [1.807, 2.05) is 0 Å². The molecule has 0 aromatic heterocycles. The summed E-state index contributed by atoms with van der Waals surface area (Å²) in [5, 5.41) is 50.7. The predicted octanol–water partition coefficient (Wildman–Crippen LogP) is -3.53. The van der Waals surface area contributed by atoms with Gasteiger partial charge in [-0.1, -0.05) is 0 Å². The van der Waals surface area contributed by atoms with E-state index in [1.165, 1.54) is 6.92 Å². The fraction of sp³-hybridized carbons (Fsp3) is 0.857. The molecule has 0 aliphatic heterocycles. The normalized spacial score (nSPS) is 16.1. The summed E-state index contributed by atoms with van der Waals surface area (Å²) in [4.78, 5) is 22.6. The number of hydrogen-bond donors (Lipinski definition) is 7. The number of rotatable bonds is 13. The van der Waals surface area contributed by atoms with Crippen molar-refractivity contribution in [3.05, 3.63) is 0 Å². The van der Waals surface area contributed by atoms with E-state index >= 15 is 0 Å². The van der Waals surface area contributed by atoms with Crippen molar-refractivity contribution in [1.82, 2.24) is 10.6 Å². The fourth-order valence-electron chi connectivity index (χ4n) is 1.87. The van der Waals surface area contributed by atoms with E-state index in [1.54, 1.807) is 0 Å². The minimum atomic E-state index is -1.00. The molecule has 0 radical (unpaired) electrons. The fourth-order valence-corrected chi connectivity index (χ4v) is 1.87. The second-order valence-corrected chi connectivity index (χ2v) is 5.29. The van der Waals surface area contributed by atoms with Crippen molar-refractivity contribution in [2.45, 2.75) is 44.1 Å². The van der Waals surface area contributed by atoms with Crippen LogP contribution in [0.25, 0.3) is 0 Å². The Labute approximate surface area is 140 Å². The van der Waals surface area contributed by atoms with Crippen LogP contribution in [0.5, 0.6) is 0 Å². The highest BCUT2D eigenvalue weighted by molar-refractivity contribution is 5.77. The number of hydrogen-bond acceptors (Lipinski definition) is 8. The summed E-state index contributed by atoms with van der Waals surface area (Å²) < 4.78 is 5.33. The van der Waals surface area contributed by atoms with Gasteiger partial charge in [0.1, 0.15) is 18.8 Å². The Morgan fingerprint density at radius 1 is 1.00 bits per heavy atom. The van der Waals surface area contributed by atoms with Gasteiger partial charge < -0.3 is 40.9 Å². The zero-order valence-electron chi connectivity index (χ0n) is 13.7. The minimum absolute atomic E-state index is 0.0557. The highest BCUT2D eigenvalue weighted by Gasteiger charge is 2.27. The third-order valence-electron chi connectivity index (χ3n) is 3.29. The molecule has 7 N–H and O–H groups in total. The van der Waals surface area contributed by atoms with Crippen LogP contribution in [0.2, 0.25) is 0 Å². The van der Waals surface area contributed by atoms with Crippen LogP contribution in [0.15, 0.2) is 0 Å². The van der Waals surface area contributed by atoms with Crippen molar-refractivity contribution in [1.29, 1.82) is 0 Å². The molecule has 0 heterocycles. The Morgan fingerprint density at radius 2 is 1.62 bits per heavy atom. The van der Waals surface area contributed by atoms with Gasteiger partial charge in [-0.05, 0) is 13.3 Å². The monoisotopic (exact) mass is 352 g/mol. The number of aliphatic hydroxyl groups is 5. The van der Waals surface area contributed by atoms with Crippen LogP contribution in [0.4, 0.5) is 0 Å². The molecule has 0 aliphatic rings. The predicted molar refractivity (Wildman–Crippen MR) is 82.9 cm³/mol. The highest BCUT2D eigenvalue weighted by atomic mass is 16.5. The average Bonchev–Trinajstić information content (AvgIpc) is 2.57. The molecule has 0 aliphatic carbocycles. The van der Waals surface area contributed by atoms with Gasteiger partial charge >= 0.3 is 0 Å². The van der Waals surface area contributed by atoms with Gasteiger partial charge in [-0.15, -0.1) is 0 Å². The maximum Gasteiger partial charge on any atom is 0.245 e. The molecule has 0 aromatic carbocycles. The van der Waals surface area contributed by atoms with Crippen molar-refractivity contribution in [2.24, 2.45) is 0 Å². The van der Waals surface area contributed by atoms with Crippen LogP contribution in [0.3, 0.4) is 0 Å². The van der Waals surface area contributed by atoms with E-state index in [4.69, 9.17) is 14.9 Å². The largest absolute Gasteiger partial charge is 0.394 e. The summed E-state index contributed by atoms with van der Waals surface area (Å²) in [6, 6.07) is -0.915. The number of nitrogens with one attached hydrogen (secondary N) is 2. The van der Waals surface area contributed by atoms with Crippen molar-refractivity contribution < 1.29 is 39.9 Å². The first-order valence-electron chi connectivity index (χ1n) is 7.72. The summed E-state index contributed by atoms with van der Waals surface area (Å²) in [5.41, 5.74) is 0. The molecule has 24 heavy (non-hydrogen) atoms. The van der Waals surface area contributed by atoms with Crippen molar-refractivity contribution >= 4 is 11.8 Å². The lowest BCUT2D eigenvalue weighted by Gasteiger charge is -2.29. The third kappa shape index (κ3) is 9.11. The van der Waals surface area contributed by atoms with Crippen LogP contribution in [-0.4, -0.2) is 94.7 Å². The van der Waals surface area contributed by atoms with Gasteiger partial charge in [0.15, 0.2) is 0 Å². The minimum Gasteiger partial charge on any atom is -0.394 e. The molecular weight excluding hydrogens is 324 g/mol. The molecule has 10 heteroatoms. The Bertz CT molecular complexity index is 367. The summed E-state index contributed by atoms with van der Waals surface area (Å²) >= 11 is 0. The van der Waals surface area contributed by atoms with Crippen molar-refractivity contribution in [2.75, 3.05) is 33.0 Å². The molecule has 0 bridgehead atoms. The number of carbonyl (C=O) groups is 2. The van der Waals surface area contributed by atoms with Crippen LogP contribution < -0.4 is 10.6 Å². The molecule has 0 fully saturated rings. The van der Waals surface area contributed by atoms with Gasteiger partial charge in [0.25, 0.3) is 0 Å². The average molecular weight is 352 g/mol. The van der Waals surface area contributed by atoms with Gasteiger partial charge in [-0.3, -0.25) is 9.59 Å². The second kappa shape index (κ2) is 13.0. The van der Waals surface area contributed by atoms with Gasteiger partial charge in [-0.2, -0.15) is 0 Å². The zero-order valence-corrected chi connectivity index (χ0v) is 13.7. The lowest BCUT2D eigenvalue weighted by atomic mass is 10.1. The maximum atomic E-state index is 11.8. The molecule has 142 valence electrons. The lowest BCUT2D eigenvalue weighted by Crippen LogP contribution is -2.51. The maximum absolute atomic E-state index is 11.8. The Hall–Kier alpha value is -1.30. The summed E-state index contributed by atoms with van der Waals surface area (Å²) in [7, 11) is 0. The summed E-state index contributed by atoms with van der Waals surface area (Å²) in [6.45, 7) is -0.514. The smallest absolute Gasteiger partial charge is 0.245 e. The molecule has 2 unspecified atom stereocenters. The SMILES string of the molecule is C[C@@H](O)C(CO)OC(CO)[C@H](CO)NC(=O)CCCNC(=O)CO. The number of ether oxygens (including phenoxy) is 1. The first-order valence-corrected chi connectivity index (χ1v) is 7.72. The molecule has 10 nitrogen and oxygen atoms in total. The molecular formula is C14H28N2O8. The molecule has 4 atom stereocenters. The third-order valence-corrected chi connectivity index (χ3v) is 3.29. The van der Waals surface area contributed by atoms with Crippen LogP contribution >= 0.6 is 0 Å². The van der Waals surface area contributed by atoms with Crippen LogP contribution in [0.1, 0.15) is 19.8 Å². The molecule has 0 aromatic rings. The van der Waals surface area contributed by atoms with Gasteiger partial charge in [-0.25, -0.2) is 0 Å². The van der Waals surface area contributed by atoms with Crippen LogP contribution in [0, 0.1) is 0 Å². The summed E-state index contributed by atoms with van der Waals surface area (Å²) in [6.07, 6.45) is -2.57. The van der Waals surface area contributed by atoms with E-state index in [2.05, 4.69) is 10.6 Å². The topological polar surface area (TPSA) is 169 Å². The molecule has 0 spiro atoms. The second-order valence-electron chi connectivity index (χ2n) is 5.29. The number of aliphatic hydroxyl groups excluding tert-OH is 5. The molecule has 2 amide bonds. The Kier molecular flexibility index (Phi) is 12.3. The van der Waals surface area contributed by atoms with Gasteiger partial charge in [0.2, 0.25) is 11.8 Å². The van der Waals surface area contributed by atoms with Crippen molar-refractivity contribution in [3.8, 4) is 0 Å². The Balaban J connectivity index is 4.38. The van der Waals surface area contributed by atoms with E-state index in [0.717, 1.165) is 0 Å². The van der Waals surface area contributed by atoms with Gasteiger partial charge in [0.05, 0.1) is 32.0 Å². The number of carbonyl (C=O) groups excluding carboxylic acids is 2. The van der Waals surface area contributed by atoms with E-state index in [9.17, 15) is 24.9 Å². The van der Waals surface area contributed by atoms with Gasteiger partial charge in [0, 0.05) is 13.0 Å². The molecule has 0 rings (SSSR count). The lowest BCUT2D eigenvalue weighted by molar-refractivity contribution is -0.133. The standard InChI is InChI=1S/C14H28N2O8/c1-9(21)11(6-18)24-12(7-19)10(5-17)16-13(22)3-2-4-15-14(23)8-20/h9-12,17-21H,2-8H2,1H3,(H,15,23)(H,16,22)/t9-,10+,11?,12?/m1/s1. The van der Waals surface area contributed by atoms with Crippen molar-refractivity contribution in [3.63, 3.8) is 0 Å². The van der Waals surface area contributed by atoms with E-state index < -0.39 is 62.6 Å². The van der Waals surface area contributed by atoms with E-state index in [0.29, 0.717) is 6.42 Å². The first kappa shape index (κ1) is 22.7. The summed E-state index contributed by atoms with van der Waals surface area (Å²) in [5.74, 6) is -0.961. The quantitative estimate of drug-likeness (QED) is 0.167. The molecule has 0 saturated heterocycles. The molecule has 0 saturated carbocycles. The Morgan fingerprint density at radius 3 is 2.08 bits per heavy atom. The van der Waals surface area contributed by atoms with Crippen LogP contribution in [-0.2, 0) is 14.3 Å². The first-order chi connectivity index (χ1) is 11.4. The number of amides is 2. The highest BCUT2D eigenvalue weighted by Crippen LogP contribution is 2.07. The van der Waals surface area contributed by atoms with E-state index in [-0.39, 0.29) is 13.0 Å². The zero-order chi connectivity index (χ0) is 18.5.